The van der Waals surface area contributed by atoms with Crippen LogP contribution in [0.1, 0.15) is 16.7 Å². The lowest BCUT2D eigenvalue weighted by Gasteiger charge is -2.31. The number of hydrogen-bond acceptors (Lipinski definition) is 3. The van der Waals surface area contributed by atoms with Crippen molar-refractivity contribution in [2.75, 3.05) is 11.9 Å². The molecule has 0 aliphatic carbocycles. The summed E-state index contributed by atoms with van der Waals surface area (Å²) < 4.78 is 77.8. The summed E-state index contributed by atoms with van der Waals surface area (Å²) in [5, 5.41) is 19.6. The number of nitrogens with one attached hydrogen (secondary N) is 1. The van der Waals surface area contributed by atoms with Crippen LogP contribution in [0.4, 0.5) is 32.0 Å². The minimum Gasteiger partial charge on any atom is -0.480 e. The molecule has 0 radical (unpaired) electrons. The van der Waals surface area contributed by atoms with E-state index in [1.165, 1.54) is 13.8 Å². The van der Waals surface area contributed by atoms with E-state index in [9.17, 15) is 31.1 Å². The average Bonchev–Trinajstić information content (AvgIpc) is 2.35. The fourth-order valence-corrected chi connectivity index (χ4v) is 1.96. The molecule has 0 aromatic heterocycles. The number of alkyl halides is 6. The predicted molar refractivity (Wildman–Crippen MR) is 68.0 cm³/mol. The second kappa shape index (κ2) is 5.91. The lowest BCUT2D eigenvalue weighted by molar-refractivity contribution is -0.390. The van der Waals surface area contributed by atoms with Crippen molar-refractivity contribution in [1.29, 1.82) is 0 Å². The van der Waals surface area contributed by atoms with Gasteiger partial charge in [-0.3, -0.25) is 4.79 Å². The molecule has 23 heavy (non-hydrogen) atoms. The SMILES string of the molecule is Cc1cc(C(F)(F)C(O)(F)C(F)(F)F)cc(C)c1NCC(=O)O. The van der Waals surface area contributed by atoms with Crippen molar-refractivity contribution in [1.82, 2.24) is 0 Å². The fraction of sp³-hybridized carbons (Fsp3) is 0.462. The van der Waals surface area contributed by atoms with Crippen LogP contribution in [0.3, 0.4) is 0 Å². The third kappa shape index (κ3) is 3.52. The first kappa shape index (κ1) is 19.1. The number of aryl methyl sites for hydroxylation is 2. The molecule has 10 heteroatoms. The van der Waals surface area contributed by atoms with Gasteiger partial charge in [-0.25, -0.2) is 0 Å². The second-order valence-corrected chi connectivity index (χ2v) is 4.93. The molecule has 0 aliphatic heterocycles. The Morgan fingerprint density at radius 3 is 1.87 bits per heavy atom. The zero-order chi connectivity index (χ0) is 18.2. The van der Waals surface area contributed by atoms with E-state index in [4.69, 9.17) is 10.2 Å². The molecule has 0 amide bonds. The summed E-state index contributed by atoms with van der Waals surface area (Å²) in [5.41, 5.74) is -1.32. The molecule has 0 bridgehead atoms. The highest BCUT2D eigenvalue weighted by molar-refractivity contribution is 5.74. The van der Waals surface area contributed by atoms with Gasteiger partial charge in [0.15, 0.2) is 0 Å². The minimum atomic E-state index is -6.20. The molecule has 1 aromatic rings. The number of carbonyl (C=O) groups is 1. The van der Waals surface area contributed by atoms with Crippen molar-refractivity contribution >= 4 is 11.7 Å². The molecule has 0 spiro atoms. The normalized spacial score (nSPS) is 15.2. The smallest absolute Gasteiger partial charge is 0.455 e. The number of aliphatic hydroxyl groups is 1. The zero-order valence-corrected chi connectivity index (χ0v) is 11.9. The molecule has 1 atom stereocenters. The van der Waals surface area contributed by atoms with Crippen molar-refractivity contribution in [3.8, 4) is 0 Å². The standard InChI is InChI=1S/C13H13F6NO3/c1-6-3-8(4-7(2)10(6)20-5-9(21)22)11(14,15)12(16,23)13(17,18)19/h3-4,20,23H,5H2,1-2H3,(H,21,22). The van der Waals surface area contributed by atoms with Gasteiger partial charge in [0.05, 0.1) is 0 Å². The Kier molecular flexibility index (Phi) is 4.90. The molecular weight excluding hydrogens is 332 g/mol. The highest BCUT2D eigenvalue weighted by Gasteiger charge is 2.71. The Labute approximate surface area is 126 Å². The van der Waals surface area contributed by atoms with Gasteiger partial charge in [0.25, 0.3) is 0 Å². The van der Waals surface area contributed by atoms with E-state index >= 15 is 0 Å². The van der Waals surface area contributed by atoms with Crippen LogP contribution in [-0.2, 0) is 10.7 Å². The van der Waals surface area contributed by atoms with Crippen molar-refractivity contribution in [3.05, 3.63) is 28.8 Å². The zero-order valence-electron chi connectivity index (χ0n) is 11.9. The van der Waals surface area contributed by atoms with Gasteiger partial charge in [0.1, 0.15) is 6.54 Å². The number of hydrogen-bond donors (Lipinski definition) is 3. The molecule has 1 rings (SSSR count). The lowest BCUT2D eigenvalue weighted by Crippen LogP contribution is -2.53. The van der Waals surface area contributed by atoms with E-state index < -0.39 is 36.0 Å². The molecule has 0 saturated carbocycles. The van der Waals surface area contributed by atoms with Crippen LogP contribution in [0.25, 0.3) is 0 Å². The number of benzene rings is 1. The van der Waals surface area contributed by atoms with Gasteiger partial charge in [0, 0.05) is 11.3 Å². The summed E-state index contributed by atoms with van der Waals surface area (Å²) in [4.78, 5) is 10.5. The fourth-order valence-electron chi connectivity index (χ4n) is 1.96. The number of carboxylic acids is 1. The summed E-state index contributed by atoms with van der Waals surface area (Å²) >= 11 is 0. The number of aliphatic carboxylic acids is 1. The third-order valence-electron chi connectivity index (χ3n) is 3.10. The monoisotopic (exact) mass is 345 g/mol. The van der Waals surface area contributed by atoms with Crippen LogP contribution in [0, 0.1) is 13.8 Å². The molecule has 0 heterocycles. The average molecular weight is 345 g/mol. The summed E-state index contributed by atoms with van der Waals surface area (Å²) in [7, 11) is 0. The molecule has 0 saturated heterocycles. The first-order valence-corrected chi connectivity index (χ1v) is 6.15. The third-order valence-corrected chi connectivity index (χ3v) is 3.10. The van der Waals surface area contributed by atoms with E-state index in [-0.39, 0.29) is 16.8 Å². The van der Waals surface area contributed by atoms with Crippen LogP contribution in [-0.4, -0.2) is 34.8 Å². The second-order valence-electron chi connectivity index (χ2n) is 4.93. The highest BCUT2D eigenvalue weighted by atomic mass is 19.4. The number of rotatable bonds is 5. The van der Waals surface area contributed by atoms with E-state index in [2.05, 4.69) is 5.32 Å². The van der Waals surface area contributed by atoms with Crippen LogP contribution in [0.2, 0.25) is 0 Å². The van der Waals surface area contributed by atoms with Crippen LogP contribution in [0.15, 0.2) is 12.1 Å². The molecular formula is C13H13F6NO3. The molecule has 4 nitrogen and oxygen atoms in total. The molecule has 0 fully saturated rings. The van der Waals surface area contributed by atoms with E-state index in [0.717, 1.165) is 0 Å². The van der Waals surface area contributed by atoms with Gasteiger partial charge < -0.3 is 15.5 Å². The Morgan fingerprint density at radius 1 is 1.09 bits per heavy atom. The molecule has 130 valence electrons. The summed E-state index contributed by atoms with van der Waals surface area (Å²) in [6.45, 7) is 1.90. The van der Waals surface area contributed by atoms with E-state index in [1.807, 2.05) is 0 Å². The summed E-state index contributed by atoms with van der Waals surface area (Å²) in [5.74, 6) is -12.2. The Morgan fingerprint density at radius 2 is 1.52 bits per heavy atom. The highest BCUT2D eigenvalue weighted by Crippen LogP contribution is 2.49. The maximum Gasteiger partial charge on any atom is 0.455 e. The van der Waals surface area contributed by atoms with Gasteiger partial charge in [-0.2, -0.15) is 26.3 Å². The van der Waals surface area contributed by atoms with Crippen molar-refractivity contribution in [2.24, 2.45) is 0 Å². The molecule has 1 aromatic carbocycles. The summed E-state index contributed by atoms with van der Waals surface area (Å²) in [6.07, 6.45) is -6.20. The maximum atomic E-state index is 13.8. The Balaban J connectivity index is 3.32. The quantitative estimate of drug-likeness (QED) is 0.718. The minimum absolute atomic E-state index is 0.0288. The molecule has 3 N–H and O–H groups in total. The van der Waals surface area contributed by atoms with Gasteiger partial charge in [-0.15, -0.1) is 0 Å². The van der Waals surface area contributed by atoms with Crippen molar-refractivity contribution < 1.29 is 41.4 Å². The predicted octanol–water partition coefficient (Wildman–Crippen LogP) is 3.11. The largest absolute Gasteiger partial charge is 0.480 e. The van der Waals surface area contributed by atoms with Crippen molar-refractivity contribution in [3.63, 3.8) is 0 Å². The Bertz CT molecular complexity index is 589. The first-order valence-electron chi connectivity index (χ1n) is 6.15. The topological polar surface area (TPSA) is 69.6 Å². The van der Waals surface area contributed by atoms with E-state index in [1.54, 1.807) is 0 Å². The number of anilines is 1. The maximum absolute atomic E-state index is 13.8. The van der Waals surface area contributed by atoms with Crippen molar-refractivity contribution in [2.45, 2.75) is 31.8 Å². The Hall–Kier alpha value is -1.97. The molecule has 1 unspecified atom stereocenters. The van der Waals surface area contributed by atoms with Gasteiger partial charge >= 0.3 is 23.9 Å². The van der Waals surface area contributed by atoms with E-state index in [0.29, 0.717) is 12.1 Å². The first-order chi connectivity index (χ1) is 10.2. The summed E-state index contributed by atoms with van der Waals surface area (Å²) in [6, 6.07) is 1.10. The van der Waals surface area contributed by atoms with Gasteiger partial charge in [-0.05, 0) is 37.1 Å². The lowest BCUT2D eigenvalue weighted by atomic mass is 9.95. The molecule has 0 aliphatic rings. The number of halogens is 6. The van der Waals surface area contributed by atoms with Crippen LogP contribution >= 0.6 is 0 Å². The van der Waals surface area contributed by atoms with Crippen LogP contribution < -0.4 is 5.32 Å². The van der Waals surface area contributed by atoms with Crippen LogP contribution in [0.5, 0.6) is 0 Å². The van der Waals surface area contributed by atoms with Gasteiger partial charge in [-0.1, -0.05) is 0 Å². The number of carboxylic acid groups (broad SMARTS) is 1. The van der Waals surface area contributed by atoms with Gasteiger partial charge in [0.2, 0.25) is 0 Å².